The van der Waals surface area contributed by atoms with E-state index in [0.717, 1.165) is 44.0 Å². The average molecular weight is 222 g/mol. The van der Waals surface area contributed by atoms with Gasteiger partial charge in [0.05, 0.1) is 0 Å². The van der Waals surface area contributed by atoms with E-state index in [9.17, 15) is 0 Å². The molecule has 0 atom stereocenters. The van der Waals surface area contributed by atoms with Crippen molar-refractivity contribution in [2.75, 3.05) is 31.6 Å². The Bertz CT molecular complexity index is 301. The summed E-state index contributed by atoms with van der Waals surface area (Å²) in [5.41, 5.74) is 1.13. The molecule has 0 aromatic carbocycles. The van der Waals surface area contributed by atoms with Gasteiger partial charge in [0.2, 0.25) is 0 Å². The molecule has 0 saturated heterocycles. The molecule has 0 bridgehead atoms. The van der Waals surface area contributed by atoms with E-state index in [4.69, 9.17) is 0 Å². The summed E-state index contributed by atoms with van der Waals surface area (Å²) in [7, 11) is 2.06. The van der Waals surface area contributed by atoms with Gasteiger partial charge in [-0.1, -0.05) is 20.3 Å². The van der Waals surface area contributed by atoms with Gasteiger partial charge in [-0.3, -0.25) is 0 Å². The molecule has 0 aliphatic rings. The minimum atomic E-state index is 0.969. The highest BCUT2D eigenvalue weighted by atomic mass is 15.2. The number of anilines is 1. The van der Waals surface area contributed by atoms with Crippen LogP contribution >= 0.6 is 0 Å². The lowest BCUT2D eigenvalue weighted by Crippen LogP contribution is -2.29. The molecular weight excluding hydrogens is 200 g/mol. The Labute approximate surface area is 98.1 Å². The number of likely N-dealkylation sites (N-methyl/N-ethyl adjacent to an activating group) is 2. The molecule has 1 aromatic rings. The lowest BCUT2D eigenvalue weighted by atomic mass is 10.2. The zero-order valence-electron chi connectivity index (χ0n) is 10.5. The fourth-order valence-corrected chi connectivity index (χ4v) is 1.53. The molecule has 16 heavy (non-hydrogen) atoms. The molecular formula is C12H22N4. The number of aromatic nitrogens is 2. The highest BCUT2D eigenvalue weighted by molar-refractivity contribution is 5.37. The van der Waals surface area contributed by atoms with Gasteiger partial charge in [-0.05, 0) is 13.0 Å². The summed E-state index contributed by atoms with van der Waals surface area (Å²) in [6.45, 7) is 7.25. The molecule has 0 saturated carbocycles. The summed E-state index contributed by atoms with van der Waals surface area (Å²) >= 11 is 0. The normalized spacial score (nSPS) is 10.4. The minimum absolute atomic E-state index is 0.969. The van der Waals surface area contributed by atoms with Crippen LogP contribution in [-0.2, 0) is 6.42 Å². The number of hydrogen-bond acceptors (Lipinski definition) is 4. The largest absolute Gasteiger partial charge is 0.358 e. The van der Waals surface area contributed by atoms with Crippen LogP contribution in [0.1, 0.15) is 26.0 Å². The van der Waals surface area contributed by atoms with Crippen LogP contribution < -0.4 is 10.2 Å². The van der Waals surface area contributed by atoms with E-state index in [2.05, 4.69) is 47.1 Å². The Morgan fingerprint density at radius 3 is 2.81 bits per heavy atom. The van der Waals surface area contributed by atoms with Gasteiger partial charge >= 0.3 is 0 Å². The maximum absolute atomic E-state index is 4.29. The van der Waals surface area contributed by atoms with Crippen molar-refractivity contribution in [1.82, 2.24) is 15.3 Å². The zero-order valence-corrected chi connectivity index (χ0v) is 10.5. The number of aryl methyl sites for hydroxylation is 1. The van der Waals surface area contributed by atoms with Gasteiger partial charge in [-0.2, -0.15) is 0 Å². The van der Waals surface area contributed by atoms with Gasteiger partial charge in [0.1, 0.15) is 12.1 Å². The highest BCUT2D eigenvalue weighted by Gasteiger charge is 2.03. The van der Waals surface area contributed by atoms with Crippen LogP contribution in [0.3, 0.4) is 0 Å². The third-order valence-corrected chi connectivity index (χ3v) is 2.48. The summed E-state index contributed by atoms with van der Waals surface area (Å²) in [4.78, 5) is 10.7. The number of hydrogen-bond donors (Lipinski definition) is 1. The van der Waals surface area contributed by atoms with E-state index in [-0.39, 0.29) is 0 Å². The summed E-state index contributed by atoms with van der Waals surface area (Å²) in [5, 5.41) is 3.30. The first kappa shape index (κ1) is 12.9. The Balaban J connectivity index is 2.53. The number of nitrogens with one attached hydrogen (secondary N) is 1. The predicted molar refractivity (Wildman–Crippen MR) is 67.8 cm³/mol. The quantitative estimate of drug-likeness (QED) is 0.709. The van der Waals surface area contributed by atoms with E-state index >= 15 is 0 Å². The standard InChI is InChI=1S/C12H22N4/c1-4-6-11-9-12(15-10-14-11)16(3)8-7-13-5-2/h9-10,13H,4-8H2,1-3H3. The van der Waals surface area contributed by atoms with Gasteiger partial charge in [0.25, 0.3) is 0 Å². The molecule has 4 heteroatoms. The summed E-state index contributed by atoms with van der Waals surface area (Å²) in [6.07, 6.45) is 3.80. The van der Waals surface area contributed by atoms with Crippen molar-refractivity contribution in [3.05, 3.63) is 18.1 Å². The third-order valence-electron chi connectivity index (χ3n) is 2.48. The second-order valence-electron chi connectivity index (χ2n) is 3.89. The van der Waals surface area contributed by atoms with Gasteiger partial charge in [-0.15, -0.1) is 0 Å². The molecule has 0 aliphatic heterocycles. The molecule has 0 aliphatic carbocycles. The highest BCUT2D eigenvalue weighted by Crippen LogP contribution is 2.09. The van der Waals surface area contributed by atoms with Crippen molar-refractivity contribution in [3.8, 4) is 0 Å². The van der Waals surface area contributed by atoms with Gasteiger partial charge in [0.15, 0.2) is 0 Å². The van der Waals surface area contributed by atoms with E-state index in [1.165, 1.54) is 0 Å². The molecule has 0 amide bonds. The van der Waals surface area contributed by atoms with Crippen LogP contribution in [0.5, 0.6) is 0 Å². The zero-order chi connectivity index (χ0) is 11.8. The Kier molecular flexibility index (Phi) is 5.78. The molecule has 0 radical (unpaired) electrons. The molecule has 0 unspecified atom stereocenters. The maximum atomic E-state index is 4.29. The molecule has 0 spiro atoms. The Morgan fingerprint density at radius 1 is 1.31 bits per heavy atom. The summed E-state index contributed by atoms with van der Waals surface area (Å²) in [5.74, 6) is 1.01. The van der Waals surface area contributed by atoms with E-state index in [1.807, 2.05) is 0 Å². The molecule has 1 N–H and O–H groups in total. The third kappa shape index (κ3) is 4.14. The lowest BCUT2D eigenvalue weighted by Gasteiger charge is -2.18. The summed E-state index contributed by atoms with van der Waals surface area (Å²) < 4.78 is 0. The monoisotopic (exact) mass is 222 g/mol. The van der Waals surface area contributed by atoms with Crippen LogP contribution in [0.4, 0.5) is 5.82 Å². The first-order valence-corrected chi connectivity index (χ1v) is 6.00. The molecule has 1 heterocycles. The topological polar surface area (TPSA) is 41.0 Å². The van der Waals surface area contributed by atoms with Crippen LogP contribution in [0.25, 0.3) is 0 Å². The van der Waals surface area contributed by atoms with Crippen molar-refractivity contribution in [3.63, 3.8) is 0 Å². The van der Waals surface area contributed by atoms with Gasteiger partial charge in [0, 0.05) is 31.9 Å². The second kappa shape index (κ2) is 7.17. The van der Waals surface area contributed by atoms with Crippen molar-refractivity contribution < 1.29 is 0 Å². The van der Waals surface area contributed by atoms with E-state index < -0.39 is 0 Å². The Hall–Kier alpha value is -1.16. The smallest absolute Gasteiger partial charge is 0.131 e. The lowest BCUT2D eigenvalue weighted by molar-refractivity contribution is 0.701. The summed E-state index contributed by atoms with van der Waals surface area (Å²) in [6, 6.07) is 2.08. The molecule has 4 nitrogen and oxygen atoms in total. The fraction of sp³-hybridized carbons (Fsp3) is 0.667. The molecule has 90 valence electrons. The van der Waals surface area contributed by atoms with Gasteiger partial charge < -0.3 is 10.2 Å². The predicted octanol–water partition coefficient (Wildman–Crippen LogP) is 1.47. The van der Waals surface area contributed by atoms with Crippen LogP contribution in [0.15, 0.2) is 12.4 Å². The average Bonchev–Trinajstić information content (AvgIpc) is 2.30. The van der Waals surface area contributed by atoms with E-state index in [0.29, 0.717) is 0 Å². The first-order valence-electron chi connectivity index (χ1n) is 6.00. The van der Waals surface area contributed by atoms with Crippen molar-refractivity contribution in [2.45, 2.75) is 26.7 Å². The minimum Gasteiger partial charge on any atom is -0.358 e. The van der Waals surface area contributed by atoms with Gasteiger partial charge in [-0.25, -0.2) is 9.97 Å². The molecule has 0 fully saturated rings. The number of rotatable bonds is 7. The molecule has 1 rings (SSSR count). The Morgan fingerprint density at radius 2 is 2.12 bits per heavy atom. The first-order chi connectivity index (χ1) is 7.77. The maximum Gasteiger partial charge on any atom is 0.131 e. The van der Waals surface area contributed by atoms with Crippen molar-refractivity contribution in [1.29, 1.82) is 0 Å². The molecule has 1 aromatic heterocycles. The second-order valence-corrected chi connectivity index (χ2v) is 3.89. The van der Waals surface area contributed by atoms with Crippen LogP contribution in [-0.4, -0.2) is 36.6 Å². The van der Waals surface area contributed by atoms with Crippen LogP contribution in [0.2, 0.25) is 0 Å². The van der Waals surface area contributed by atoms with Crippen molar-refractivity contribution >= 4 is 5.82 Å². The van der Waals surface area contributed by atoms with Crippen LogP contribution in [0, 0.1) is 0 Å². The van der Waals surface area contributed by atoms with E-state index in [1.54, 1.807) is 6.33 Å². The fourth-order valence-electron chi connectivity index (χ4n) is 1.53. The SMILES string of the molecule is CCCc1cc(N(C)CCNCC)ncn1. The van der Waals surface area contributed by atoms with Crippen molar-refractivity contribution in [2.24, 2.45) is 0 Å². The number of nitrogens with zero attached hydrogens (tertiary/aromatic N) is 3.